The molecule has 0 spiro atoms. The summed E-state index contributed by atoms with van der Waals surface area (Å²) in [4.78, 5) is 36.1. The van der Waals surface area contributed by atoms with Crippen LogP contribution in [0.1, 0.15) is 20.8 Å². The number of amides is 2. The summed E-state index contributed by atoms with van der Waals surface area (Å²) in [5.74, 6) is -0.533. The Balaban J connectivity index is 2.44. The molecule has 1 fully saturated rings. The molecule has 1 rings (SSSR count). The van der Waals surface area contributed by atoms with Gasteiger partial charge in [-0.3, -0.25) is 9.59 Å². The van der Waals surface area contributed by atoms with E-state index in [9.17, 15) is 14.4 Å². The van der Waals surface area contributed by atoms with E-state index in [-0.39, 0.29) is 6.09 Å². The average Bonchev–Trinajstić information content (AvgIpc) is 2.26. The van der Waals surface area contributed by atoms with Crippen LogP contribution < -0.4 is 0 Å². The van der Waals surface area contributed by atoms with Gasteiger partial charge in [-0.2, -0.15) is 0 Å². The lowest BCUT2D eigenvalue weighted by atomic mass is 10.2. The maximum atomic E-state index is 11.7. The number of piperazine rings is 1. The summed E-state index contributed by atoms with van der Waals surface area (Å²) in [6.45, 7) is 6.95. The lowest BCUT2D eigenvalue weighted by Crippen LogP contribution is -2.51. The lowest BCUT2D eigenvalue weighted by molar-refractivity contribution is -0.140. The van der Waals surface area contributed by atoms with E-state index < -0.39 is 11.5 Å². The van der Waals surface area contributed by atoms with Crippen molar-refractivity contribution in [1.82, 2.24) is 9.80 Å². The minimum Gasteiger partial charge on any atom is -0.444 e. The van der Waals surface area contributed by atoms with Gasteiger partial charge in [-0.05, 0) is 20.8 Å². The van der Waals surface area contributed by atoms with E-state index in [2.05, 4.69) is 0 Å². The SMILES string of the molecule is CC(C)(C)OC(=O)N1CCN(C(=O)C=O)CC1. The number of aldehydes is 1. The molecule has 17 heavy (non-hydrogen) atoms. The highest BCUT2D eigenvalue weighted by Gasteiger charge is 2.27. The average molecular weight is 242 g/mol. The zero-order valence-corrected chi connectivity index (χ0v) is 10.4. The van der Waals surface area contributed by atoms with Crippen LogP contribution in [0, 0.1) is 0 Å². The monoisotopic (exact) mass is 242 g/mol. The summed E-state index contributed by atoms with van der Waals surface area (Å²) in [7, 11) is 0. The Bertz CT molecular complexity index is 314. The van der Waals surface area contributed by atoms with E-state index in [1.54, 1.807) is 25.7 Å². The first kappa shape index (κ1) is 13.5. The molecule has 0 aliphatic carbocycles. The van der Waals surface area contributed by atoms with Gasteiger partial charge >= 0.3 is 6.09 Å². The molecule has 0 atom stereocenters. The fraction of sp³-hybridized carbons (Fsp3) is 0.727. The Morgan fingerprint density at radius 1 is 1.06 bits per heavy atom. The number of hydrogen-bond acceptors (Lipinski definition) is 4. The van der Waals surface area contributed by atoms with Crippen LogP contribution in [0.3, 0.4) is 0 Å². The molecule has 0 aromatic carbocycles. The van der Waals surface area contributed by atoms with Gasteiger partial charge in [-0.25, -0.2) is 4.79 Å². The van der Waals surface area contributed by atoms with Gasteiger partial charge in [-0.1, -0.05) is 0 Å². The first-order chi connectivity index (χ1) is 7.83. The second-order valence-corrected chi connectivity index (χ2v) is 4.91. The van der Waals surface area contributed by atoms with Gasteiger partial charge in [0.2, 0.25) is 6.29 Å². The van der Waals surface area contributed by atoms with Crippen LogP contribution in [-0.4, -0.2) is 59.9 Å². The number of carbonyl (C=O) groups excluding carboxylic acids is 3. The maximum Gasteiger partial charge on any atom is 0.410 e. The van der Waals surface area contributed by atoms with Crippen molar-refractivity contribution < 1.29 is 19.1 Å². The van der Waals surface area contributed by atoms with Gasteiger partial charge in [0, 0.05) is 26.2 Å². The van der Waals surface area contributed by atoms with Gasteiger partial charge in [-0.15, -0.1) is 0 Å². The normalized spacial score (nSPS) is 16.6. The van der Waals surface area contributed by atoms with Crippen LogP contribution in [-0.2, 0) is 14.3 Å². The van der Waals surface area contributed by atoms with Gasteiger partial charge in [0.15, 0.2) is 0 Å². The molecule has 0 bridgehead atoms. The summed E-state index contributed by atoms with van der Waals surface area (Å²) >= 11 is 0. The quantitative estimate of drug-likeness (QED) is 0.489. The molecular formula is C11H18N2O4. The Labute approximate surface area is 101 Å². The Morgan fingerprint density at radius 3 is 1.94 bits per heavy atom. The molecule has 96 valence electrons. The highest BCUT2D eigenvalue weighted by atomic mass is 16.6. The molecule has 6 heteroatoms. The predicted molar refractivity (Wildman–Crippen MR) is 60.5 cm³/mol. The van der Waals surface area contributed by atoms with Crippen molar-refractivity contribution in [3.63, 3.8) is 0 Å². The van der Waals surface area contributed by atoms with Crippen LogP contribution >= 0.6 is 0 Å². The van der Waals surface area contributed by atoms with Gasteiger partial charge in [0.25, 0.3) is 5.91 Å². The third kappa shape index (κ3) is 4.05. The molecule has 0 aromatic heterocycles. The van der Waals surface area contributed by atoms with Crippen LogP contribution in [0.15, 0.2) is 0 Å². The number of carbonyl (C=O) groups is 3. The fourth-order valence-corrected chi connectivity index (χ4v) is 1.51. The number of nitrogens with zero attached hydrogens (tertiary/aromatic N) is 2. The summed E-state index contributed by atoms with van der Waals surface area (Å²) in [6, 6.07) is 0. The van der Waals surface area contributed by atoms with Crippen molar-refractivity contribution in [2.24, 2.45) is 0 Å². The van der Waals surface area contributed by atoms with E-state index in [4.69, 9.17) is 4.74 Å². The third-order valence-electron chi connectivity index (χ3n) is 2.34. The minimum absolute atomic E-state index is 0.295. The Kier molecular flexibility index (Phi) is 4.09. The van der Waals surface area contributed by atoms with Crippen molar-refractivity contribution in [3.05, 3.63) is 0 Å². The highest BCUT2D eigenvalue weighted by Crippen LogP contribution is 2.11. The first-order valence-corrected chi connectivity index (χ1v) is 5.55. The van der Waals surface area contributed by atoms with E-state index in [0.717, 1.165) is 0 Å². The smallest absolute Gasteiger partial charge is 0.410 e. The van der Waals surface area contributed by atoms with E-state index in [1.807, 2.05) is 0 Å². The number of rotatable bonds is 1. The number of ether oxygens (including phenoxy) is 1. The third-order valence-corrected chi connectivity index (χ3v) is 2.34. The topological polar surface area (TPSA) is 66.9 Å². The van der Waals surface area contributed by atoms with Crippen LogP contribution in [0.2, 0.25) is 0 Å². The van der Waals surface area contributed by atoms with Crippen LogP contribution in [0.25, 0.3) is 0 Å². The van der Waals surface area contributed by atoms with Crippen molar-refractivity contribution >= 4 is 18.3 Å². The molecular weight excluding hydrogens is 224 g/mol. The molecule has 1 saturated heterocycles. The van der Waals surface area contributed by atoms with E-state index in [1.165, 1.54) is 4.90 Å². The highest BCUT2D eigenvalue weighted by molar-refractivity contribution is 6.23. The van der Waals surface area contributed by atoms with E-state index in [0.29, 0.717) is 32.5 Å². The van der Waals surface area contributed by atoms with E-state index >= 15 is 0 Å². The predicted octanol–water partition coefficient (Wildman–Crippen LogP) is 0.265. The Morgan fingerprint density at radius 2 is 1.53 bits per heavy atom. The van der Waals surface area contributed by atoms with Crippen LogP contribution in [0.5, 0.6) is 0 Å². The molecule has 0 aromatic rings. The van der Waals surface area contributed by atoms with Crippen molar-refractivity contribution in [1.29, 1.82) is 0 Å². The fourth-order valence-electron chi connectivity index (χ4n) is 1.51. The molecule has 0 radical (unpaired) electrons. The molecule has 1 aliphatic heterocycles. The molecule has 6 nitrogen and oxygen atoms in total. The van der Waals surface area contributed by atoms with Crippen molar-refractivity contribution in [2.75, 3.05) is 26.2 Å². The molecule has 0 unspecified atom stereocenters. The Hall–Kier alpha value is -1.59. The second kappa shape index (κ2) is 5.16. The molecule has 1 heterocycles. The van der Waals surface area contributed by atoms with Gasteiger partial charge < -0.3 is 14.5 Å². The van der Waals surface area contributed by atoms with Gasteiger partial charge in [0.05, 0.1) is 0 Å². The number of hydrogen-bond donors (Lipinski definition) is 0. The second-order valence-electron chi connectivity index (χ2n) is 4.91. The zero-order chi connectivity index (χ0) is 13.1. The van der Waals surface area contributed by atoms with Crippen LogP contribution in [0.4, 0.5) is 4.79 Å². The lowest BCUT2D eigenvalue weighted by Gasteiger charge is -2.34. The maximum absolute atomic E-state index is 11.7. The van der Waals surface area contributed by atoms with Crippen molar-refractivity contribution in [2.45, 2.75) is 26.4 Å². The standard InChI is InChI=1S/C11H18N2O4/c1-11(2,3)17-10(16)13-6-4-12(5-7-13)9(15)8-14/h8H,4-7H2,1-3H3. The summed E-state index contributed by atoms with van der Waals surface area (Å²) in [5.41, 5.74) is -0.521. The molecule has 1 aliphatic rings. The summed E-state index contributed by atoms with van der Waals surface area (Å²) in [6.07, 6.45) is -0.0842. The largest absolute Gasteiger partial charge is 0.444 e. The molecule has 0 N–H and O–H groups in total. The minimum atomic E-state index is -0.533. The first-order valence-electron chi connectivity index (χ1n) is 5.55. The summed E-state index contributed by atoms with van der Waals surface area (Å²) < 4.78 is 5.21. The zero-order valence-electron chi connectivity index (χ0n) is 10.4. The van der Waals surface area contributed by atoms with Crippen molar-refractivity contribution in [3.8, 4) is 0 Å². The van der Waals surface area contributed by atoms with Gasteiger partial charge in [0.1, 0.15) is 5.60 Å². The molecule has 0 saturated carbocycles. The molecule has 2 amide bonds. The summed E-state index contributed by atoms with van der Waals surface area (Å²) in [5, 5.41) is 0.